The predicted molar refractivity (Wildman–Crippen MR) is 87.6 cm³/mol. The average Bonchev–Trinajstić information content (AvgIpc) is 3.04. The van der Waals surface area contributed by atoms with E-state index in [-0.39, 0.29) is 23.4 Å². The van der Waals surface area contributed by atoms with Gasteiger partial charge in [-0.25, -0.2) is 8.42 Å². The molecule has 0 spiro atoms. The van der Waals surface area contributed by atoms with E-state index in [0.717, 1.165) is 19.6 Å². The van der Waals surface area contributed by atoms with Gasteiger partial charge in [-0.2, -0.15) is 9.29 Å². The Labute approximate surface area is 141 Å². The fourth-order valence-electron chi connectivity index (χ4n) is 2.61. The van der Waals surface area contributed by atoms with Crippen LogP contribution in [0, 0.1) is 0 Å². The number of hydrogen-bond acceptors (Lipinski definition) is 7. The van der Waals surface area contributed by atoms with Gasteiger partial charge in [-0.1, -0.05) is 23.4 Å². The Morgan fingerprint density at radius 2 is 2.12 bits per heavy atom. The van der Waals surface area contributed by atoms with Gasteiger partial charge in [-0.05, 0) is 19.2 Å². The first-order valence-corrected chi connectivity index (χ1v) is 9.17. The van der Waals surface area contributed by atoms with E-state index in [9.17, 15) is 8.42 Å². The third kappa shape index (κ3) is 3.48. The first kappa shape index (κ1) is 17.0. The number of rotatable bonds is 5. The average molecular weight is 351 g/mol. The molecule has 0 bridgehead atoms. The van der Waals surface area contributed by atoms with E-state index in [1.807, 2.05) is 7.05 Å². The van der Waals surface area contributed by atoms with Gasteiger partial charge in [-0.3, -0.25) is 4.90 Å². The van der Waals surface area contributed by atoms with Crippen LogP contribution < -0.4 is 5.32 Å². The molecule has 0 radical (unpaired) electrons. The van der Waals surface area contributed by atoms with Gasteiger partial charge >= 0.3 is 0 Å². The van der Waals surface area contributed by atoms with Crippen molar-refractivity contribution in [1.29, 1.82) is 0 Å². The van der Waals surface area contributed by atoms with Crippen molar-refractivity contribution < 1.29 is 12.9 Å². The minimum atomic E-state index is -3.58. The van der Waals surface area contributed by atoms with Crippen LogP contribution in [0.25, 0.3) is 0 Å². The number of aromatic nitrogens is 2. The molecule has 24 heavy (non-hydrogen) atoms. The Hall–Kier alpha value is -1.81. The molecule has 1 aromatic heterocycles. The second-order valence-electron chi connectivity index (χ2n) is 5.82. The van der Waals surface area contributed by atoms with Gasteiger partial charge in [0.2, 0.25) is 15.9 Å². The minimum Gasteiger partial charge on any atom is -0.338 e. The monoisotopic (exact) mass is 351 g/mol. The largest absolute Gasteiger partial charge is 0.338 e. The fourth-order valence-corrected chi connectivity index (χ4v) is 3.75. The summed E-state index contributed by atoms with van der Waals surface area (Å²) in [6, 6.07) is 8.32. The van der Waals surface area contributed by atoms with Gasteiger partial charge in [0.1, 0.15) is 0 Å². The number of nitrogens with zero attached hydrogens (tertiary/aromatic N) is 4. The van der Waals surface area contributed by atoms with E-state index >= 15 is 0 Å². The normalized spacial score (nSPS) is 19.7. The van der Waals surface area contributed by atoms with Crippen molar-refractivity contribution in [3.63, 3.8) is 0 Å². The third-order valence-corrected chi connectivity index (χ3v) is 5.92. The summed E-state index contributed by atoms with van der Waals surface area (Å²) < 4.78 is 31.5. The summed E-state index contributed by atoms with van der Waals surface area (Å²) in [4.78, 5) is 6.75. The maximum absolute atomic E-state index is 12.5. The molecule has 1 fully saturated rings. The molecule has 1 unspecified atom stereocenters. The molecule has 8 nitrogen and oxygen atoms in total. The highest BCUT2D eigenvalue weighted by Crippen LogP contribution is 2.19. The fraction of sp³-hybridized carbons (Fsp3) is 0.467. The summed E-state index contributed by atoms with van der Waals surface area (Å²) in [5.74, 6) is 0.858. The third-order valence-electron chi connectivity index (χ3n) is 4.10. The highest BCUT2D eigenvalue weighted by atomic mass is 32.2. The molecule has 1 saturated heterocycles. The summed E-state index contributed by atoms with van der Waals surface area (Å²) in [6.45, 7) is 2.61. The zero-order chi connectivity index (χ0) is 17.2. The number of piperazine rings is 1. The molecule has 1 aromatic carbocycles. The Kier molecular flexibility index (Phi) is 4.95. The van der Waals surface area contributed by atoms with Crippen LogP contribution in [0.5, 0.6) is 0 Å². The Morgan fingerprint density at radius 1 is 1.38 bits per heavy atom. The van der Waals surface area contributed by atoms with Crippen LogP contribution in [-0.4, -0.2) is 61.5 Å². The quantitative estimate of drug-likeness (QED) is 0.837. The Bertz CT molecular complexity index is 777. The van der Waals surface area contributed by atoms with Crippen LogP contribution in [-0.2, 0) is 16.6 Å². The highest BCUT2D eigenvalue weighted by molar-refractivity contribution is 7.89. The number of benzene rings is 1. The maximum atomic E-state index is 12.5. The van der Waals surface area contributed by atoms with Crippen LogP contribution in [0.1, 0.15) is 17.8 Å². The van der Waals surface area contributed by atoms with Crippen molar-refractivity contribution in [2.24, 2.45) is 0 Å². The second-order valence-corrected chi connectivity index (χ2v) is 7.87. The molecule has 0 amide bonds. The Balaban J connectivity index is 1.72. The standard InChI is InChI=1S/C15H21N5O3S/c1-19-9-8-16-10-13(19)15-17-14(23-18-15)11-20(2)24(21,22)12-6-4-3-5-7-12/h3-7,13,16H,8-11H2,1-2H3. The summed E-state index contributed by atoms with van der Waals surface area (Å²) in [7, 11) is -0.0728. The molecule has 3 rings (SSSR count). The summed E-state index contributed by atoms with van der Waals surface area (Å²) in [5.41, 5.74) is 0. The molecule has 9 heteroatoms. The number of sulfonamides is 1. The summed E-state index contributed by atoms with van der Waals surface area (Å²) >= 11 is 0. The molecular formula is C15H21N5O3S. The van der Waals surface area contributed by atoms with Gasteiger partial charge in [0.15, 0.2) is 5.82 Å². The van der Waals surface area contributed by atoms with E-state index in [0.29, 0.717) is 5.82 Å². The van der Waals surface area contributed by atoms with Crippen LogP contribution >= 0.6 is 0 Å². The van der Waals surface area contributed by atoms with Crippen molar-refractivity contribution in [3.05, 3.63) is 42.0 Å². The molecule has 0 aliphatic carbocycles. The van der Waals surface area contributed by atoms with E-state index in [2.05, 4.69) is 20.4 Å². The smallest absolute Gasteiger partial charge is 0.243 e. The van der Waals surface area contributed by atoms with Crippen molar-refractivity contribution in [1.82, 2.24) is 24.7 Å². The summed E-state index contributed by atoms with van der Waals surface area (Å²) in [6.07, 6.45) is 0. The molecule has 2 heterocycles. The summed E-state index contributed by atoms with van der Waals surface area (Å²) in [5, 5.41) is 7.30. The van der Waals surface area contributed by atoms with Gasteiger partial charge in [0, 0.05) is 26.7 Å². The first-order chi connectivity index (χ1) is 11.5. The minimum absolute atomic E-state index is 0.0345. The zero-order valence-electron chi connectivity index (χ0n) is 13.7. The van der Waals surface area contributed by atoms with Crippen LogP contribution in [0.2, 0.25) is 0 Å². The molecule has 130 valence electrons. The topological polar surface area (TPSA) is 91.6 Å². The van der Waals surface area contributed by atoms with Crippen molar-refractivity contribution >= 4 is 10.0 Å². The number of nitrogens with one attached hydrogen (secondary N) is 1. The number of likely N-dealkylation sites (N-methyl/N-ethyl adjacent to an activating group) is 1. The molecule has 1 aliphatic heterocycles. The molecular weight excluding hydrogens is 330 g/mol. The van der Waals surface area contributed by atoms with E-state index < -0.39 is 10.0 Å². The number of hydrogen-bond donors (Lipinski definition) is 1. The molecule has 1 atom stereocenters. The van der Waals surface area contributed by atoms with Crippen molar-refractivity contribution in [2.75, 3.05) is 33.7 Å². The molecule has 1 aliphatic rings. The lowest BCUT2D eigenvalue weighted by atomic mass is 10.2. The molecule has 2 aromatic rings. The lowest BCUT2D eigenvalue weighted by Gasteiger charge is -2.30. The second kappa shape index (κ2) is 6.98. The van der Waals surface area contributed by atoms with Crippen molar-refractivity contribution in [2.45, 2.75) is 17.5 Å². The van der Waals surface area contributed by atoms with Gasteiger partial charge in [-0.15, -0.1) is 0 Å². The van der Waals surface area contributed by atoms with Crippen LogP contribution in [0.4, 0.5) is 0 Å². The zero-order valence-corrected chi connectivity index (χ0v) is 14.5. The van der Waals surface area contributed by atoms with Gasteiger partial charge in [0.25, 0.3) is 0 Å². The van der Waals surface area contributed by atoms with E-state index in [1.54, 1.807) is 30.3 Å². The van der Waals surface area contributed by atoms with E-state index in [4.69, 9.17) is 4.52 Å². The van der Waals surface area contributed by atoms with Crippen LogP contribution in [0.15, 0.2) is 39.8 Å². The lowest BCUT2D eigenvalue weighted by molar-refractivity contribution is 0.190. The first-order valence-electron chi connectivity index (χ1n) is 7.73. The van der Waals surface area contributed by atoms with Crippen molar-refractivity contribution in [3.8, 4) is 0 Å². The molecule has 0 saturated carbocycles. The molecule has 1 N–H and O–H groups in total. The SMILES string of the molecule is CN1CCNCC1c1noc(CN(C)S(=O)(=O)c2ccccc2)n1. The Morgan fingerprint density at radius 3 is 2.83 bits per heavy atom. The van der Waals surface area contributed by atoms with Gasteiger partial charge in [0.05, 0.1) is 17.5 Å². The highest BCUT2D eigenvalue weighted by Gasteiger charge is 2.27. The predicted octanol–water partition coefficient (Wildman–Crippen LogP) is 0.466. The van der Waals surface area contributed by atoms with Crippen LogP contribution in [0.3, 0.4) is 0 Å². The van der Waals surface area contributed by atoms with Gasteiger partial charge < -0.3 is 9.84 Å². The maximum Gasteiger partial charge on any atom is 0.243 e. The van der Waals surface area contributed by atoms with E-state index in [1.165, 1.54) is 11.4 Å². The lowest BCUT2D eigenvalue weighted by Crippen LogP contribution is -2.44.